The SMILES string of the molecule is Cc1cc(NC(=O)c2sccc2S(=O)(=O)N2CCCCC2)ccc1C(N)=O. The Morgan fingerprint density at radius 2 is 1.85 bits per heavy atom. The van der Waals surface area contributed by atoms with E-state index in [-0.39, 0.29) is 9.77 Å². The molecule has 1 saturated heterocycles. The van der Waals surface area contributed by atoms with Crippen LogP contribution in [0.5, 0.6) is 0 Å². The molecule has 1 fully saturated rings. The van der Waals surface area contributed by atoms with E-state index in [9.17, 15) is 18.0 Å². The van der Waals surface area contributed by atoms with E-state index in [1.807, 2.05) is 0 Å². The van der Waals surface area contributed by atoms with Crippen molar-refractivity contribution in [2.24, 2.45) is 5.73 Å². The highest BCUT2D eigenvalue weighted by molar-refractivity contribution is 7.89. The van der Waals surface area contributed by atoms with Gasteiger partial charge in [-0.15, -0.1) is 11.3 Å². The minimum Gasteiger partial charge on any atom is -0.366 e. The molecule has 2 amide bonds. The fourth-order valence-corrected chi connectivity index (χ4v) is 5.93. The lowest BCUT2D eigenvalue weighted by Gasteiger charge is -2.25. The number of nitrogens with zero attached hydrogens (tertiary/aromatic N) is 1. The molecule has 0 spiro atoms. The number of aryl methyl sites for hydroxylation is 1. The van der Waals surface area contributed by atoms with Crippen LogP contribution in [-0.2, 0) is 10.0 Å². The van der Waals surface area contributed by atoms with E-state index in [4.69, 9.17) is 5.73 Å². The normalized spacial score (nSPS) is 15.4. The van der Waals surface area contributed by atoms with Crippen LogP contribution in [0, 0.1) is 6.92 Å². The Balaban J connectivity index is 1.84. The first-order chi connectivity index (χ1) is 12.8. The van der Waals surface area contributed by atoms with Crippen LogP contribution in [0.3, 0.4) is 0 Å². The molecule has 2 heterocycles. The highest BCUT2D eigenvalue weighted by Gasteiger charge is 2.31. The zero-order chi connectivity index (χ0) is 19.6. The van der Waals surface area contributed by atoms with Crippen molar-refractivity contribution < 1.29 is 18.0 Å². The first-order valence-corrected chi connectivity index (χ1v) is 10.9. The van der Waals surface area contributed by atoms with E-state index in [0.29, 0.717) is 29.9 Å². The number of nitrogens with two attached hydrogens (primary N) is 1. The Morgan fingerprint density at radius 3 is 2.48 bits per heavy atom. The van der Waals surface area contributed by atoms with Gasteiger partial charge in [-0.2, -0.15) is 4.31 Å². The van der Waals surface area contributed by atoms with E-state index >= 15 is 0 Å². The van der Waals surface area contributed by atoms with E-state index in [1.54, 1.807) is 24.4 Å². The molecule has 9 heteroatoms. The number of carbonyl (C=O) groups is 2. The Labute approximate surface area is 162 Å². The number of rotatable bonds is 5. The molecule has 7 nitrogen and oxygen atoms in total. The number of piperidine rings is 1. The molecule has 1 aliphatic heterocycles. The highest BCUT2D eigenvalue weighted by atomic mass is 32.2. The van der Waals surface area contributed by atoms with Gasteiger partial charge in [-0.3, -0.25) is 9.59 Å². The minimum absolute atomic E-state index is 0.0392. The molecule has 0 unspecified atom stereocenters. The average Bonchev–Trinajstić information content (AvgIpc) is 3.13. The molecule has 2 aromatic rings. The fourth-order valence-electron chi connectivity index (χ4n) is 3.12. The van der Waals surface area contributed by atoms with E-state index < -0.39 is 21.8 Å². The number of hydrogen-bond acceptors (Lipinski definition) is 5. The number of thiophene rings is 1. The van der Waals surface area contributed by atoms with Gasteiger partial charge in [0.05, 0.1) is 0 Å². The number of hydrogen-bond donors (Lipinski definition) is 2. The van der Waals surface area contributed by atoms with Gasteiger partial charge in [0, 0.05) is 24.3 Å². The summed E-state index contributed by atoms with van der Waals surface area (Å²) in [7, 11) is -3.69. The van der Waals surface area contributed by atoms with Gasteiger partial charge in [-0.25, -0.2) is 8.42 Å². The number of amides is 2. The molecule has 3 rings (SSSR count). The van der Waals surface area contributed by atoms with Gasteiger partial charge in [-0.1, -0.05) is 6.42 Å². The van der Waals surface area contributed by atoms with Gasteiger partial charge in [0.2, 0.25) is 15.9 Å². The Morgan fingerprint density at radius 1 is 1.15 bits per heavy atom. The molecule has 0 atom stereocenters. The number of carbonyl (C=O) groups excluding carboxylic acids is 2. The quantitative estimate of drug-likeness (QED) is 0.794. The summed E-state index contributed by atoms with van der Waals surface area (Å²) in [4.78, 5) is 24.2. The van der Waals surface area contributed by atoms with Gasteiger partial charge in [0.1, 0.15) is 9.77 Å². The zero-order valence-electron chi connectivity index (χ0n) is 14.9. The smallest absolute Gasteiger partial charge is 0.267 e. The largest absolute Gasteiger partial charge is 0.366 e. The topological polar surface area (TPSA) is 110 Å². The summed E-state index contributed by atoms with van der Waals surface area (Å²) in [6.45, 7) is 2.67. The summed E-state index contributed by atoms with van der Waals surface area (Å²) in [6.07, 6.45) is 2.68. The van der Waals surface area contributed by atoms with Crippen molar-refractivity contribution in [3.05, 3.63) is 45.6 Å². The van der Waals surface area contributed by atoms with Crippen LogP contribution in [0.15, 0.2) is 34.5 Å². The second-order valence-corrected chi connectivity index (χ2v) is 9.25. The van der Waals surface area contributed by atoms with Crippen molar-refractivity contribution in [1.82, 2.24) is 4.31 Å². The molecule has 3 N–H and O–H groups in total. The van der Waals surface area contributed by atoms with Crippen molar-refractivity contribution in [3.63, 3.8) is 0 Å². The lowest BCUT2D eigenvalue weighted by Crippen LogP contribution is -2.36. The number of primary amides is 1. The Bertz CT molecular complexity index is 976. The summed E-state index contributed by atoms with van der Waals surface area (Å²) in [6, 6.07) is 6.21. The molecule has 0 saturated carbocycles. The maximum atomic E-state index is 12.9. The van der Waals surface area contributed by atoms with Crippen LogP contribution < -0.4 is 11.1 Å². The van der Waals surface area contributed by atoms with Crippen molar-refractivity contribution in [1.29, 1.82) is 0 Å². The second kappa shape index (κ2) is 7.79. The number of anilines is 1. The lowest BCUT2D eigenvalue weighted by molar-refractivity contribution is 0.0998. The van der Waals surface area contributed by atoms with E-state index in [1.165, 1.54) is 16.4 Å². The van der Waals surface area contributed by atoms with Crippen molar-refractivity contribution >= 4 is 38.9 Å². The minimum atomic E-state index is -3.69. The monoisotopic (exact) mass is 407 g/mol. The molecule has 1 aromatic heterocycles. The average molecular weight is 408 g/mol. The van der Waals surface area contributed by atoms with E-state index in [0.717, 1.165) is 30.6 Å². The van der Waals surface area contributed by atoms with Crippen LogP contribution >= 0.6 is 11.3 Å². The lowest BCUT2D eigenvalue weighted by atomic mass is 10.1. The summed E-state index contributed by atoms with van der Waals surface area (Å²) in [5.41, 5.74) is 6.76. The summed E-state index contributed by atoms with van der Waals surface area (Å²) < 4.78 is 27.2. The predicted molar refractivity (Wildman–Crippen MR) is 105 cm³/mol. The Kier molecular flexibility index (Phi) is 5.64. The number of benzene rings is 1. The van der Waals surface area contributed by atoms with Crippen molar-refractivity contribution in [2.75, 3.05) is 18.4 Å². The van der Waals surface area contributed by atoms with Gasteiger partial charge < -0.3 is 11.1 Å². The molecular weight excluding hydrogens is 386 g/mol. The maximum Gasteiger partial charge on any atom is 0.267 e. The molecule has 0 aliphatic carbocycles. The third kappa shape index (κ3) is 4.05. The first-order valence-electron chi connectivity index (χ1n) is 8.60. The molecule has 144 valence electrons. The van der Waals surface area contributed by atoms with Crippen LogP contribution in [-0.4, -0.2) is 37.6 Å². The molecule has 1 aromatic carbocycles. The summed E-state index contributed by atoms with van der Waals surface area (Å²) >= 11 is 1.09. The second-order valence-electron chi connectivity index (χ2n) is 6.43. The molecule has 0 radical (unpaired) electrons. The third-order valence-corrected chi connectivity index (χ3v) is 7.50. The first kappa shape index (κ1) is 19.5. The van der Waals surface area contributed by atoms with Crippen LogP contribution in [0.1, 0.15) is 44.9 Å². The van der Waals surface area contributed by atoms with Gasteiger partial charge in [0.25, 0.3) is 5.91 Å². The van der Waals surface area contributed by atoms with Crippen LogP contribution in [0.25, 0.3) is 0 Å². The number of sulfonamides is 1. The summed E-state index contributed by atoms with van der Waals surface area (Å²) in [5.74, 6) is -1.04. The molecule has 1 aliphatic rings. The van der Waals surface area contributed by atoms with Crippen LogP contribution in [0.4, 0.5) is 5.69 Å². The molecule has 0 bridgehead atoms. The van der Waals surface area contributed by atoms with Gasteiger partial charge in [0.15, 0.2) is 0 Å². The standard InChI is InChI=1S/C18H21N3O4S2/c1-12-11-13(5-6-14(12)17(19)22)20-18(23)16-15(7-10-26-16)27(24,25)21-8-3-2-4-9-21/h5-7,10-11H,2-4,8-9H2,1H3,(H2,19,22)(H,20,23). The summed E-state index contributed by atoms with van der Waals surface area (Å²) in [5, 5.41) is 4.31. The highest BCUT2D eigenvalue weighted by Crippen LogP contribution is 2.28. The number of nitrogens with one attached hydrogen (secondary N) is 1. The fraction of sp³-hybridized carbons (Fsp3) is 0.333. The van der Waals surface area contributed by atoms with E-state index in [2.05, 4.69) is 5.32 Å². The van der Waals surface area contributed by atoms with Gasteiger partial charge >= 0.3 is 0 Å². The zero-order valence-corrected chi connectivity index (χ0v) is 16.5. The van der Waals surface area contributed by atoms with Gasteiger partial charge in [-0.05, 0) is 55.0 Å². The van der Waals surface area contributed by atoms with Crippen molar-refractivity contribution in [3.8, 4) is 0 Å². The Hall–Kier alpha value is -2.23. The molecule has 27 heavy (non-hydrogen) atoms. The third-order valence-electron chi connectivity index (χ3n) is 4.52. The van der Waals surface area contributed by atoms with Crippen molar-refractivity contribution in [2.45, 2.75) is 31.1 Å². The predicted octanol–water partition coefficient (Wildman–Crippen LogP) is 2.58. The molecular formula is C18H21N3O4S2. The van der Waals surface area contributed by atoms with Crippen LogP contribution in [0.2, 0.25) is 0 Å². The maximum absolute atomic E-state index is 12.9.